The van der Waals surface area contributed by atoms with E-state index in [2.05, 4.69) is 13.8 Å². The first-order valence-electron chi connectivity index (χ1n) is 6.29. The number of nitrogens with zero attached hydrogens (tertiary/aromatic N) is 1. The van der Waals surface area contributed by atoms with Crippen LogP contribution in [-0.4, -0.2) is 41.1 Å². The zero-order chi connectivity index (χ0) is 12.6. The van der Waals surface area contributed by atoms with Gasteiger partial charge in [-0.2, -0.15) is 0 Å². The van der Waals surface area contributed by atoms with Crippen LogP contribution >= 0.6 is 0 Å². The lowest BCUT2D eigenvalue weighted by Crippen LogP contribution is -2.49. The molecule has 96 valence electrons. The average molecular weight is 230 g/mol. The number of amides is 1. The molecule has 16 heavy (non-hydrogen) atoms. The van der Waals surface area contributed by atoms with Crippen molar-refractivity contribution in [3.63, 3.8) is 0 Å². The first-order chi connectivity index (χ1) is 7.62. The molecule has 0 aliphatic heterocycles. The summed E-state index contributed by atoms with van der Waals surface area (Å²) in [6.45, 7) is 6.51. The fourth-order valence-electron chi connectivity index (χ4n) is 1.96. The molecule has 0 unspecified atom stereocenters. The molecule has 0 saturated heterocycles. The van der Waals surface area contributed by atoms with Crippen molar-refractivity contribution in [1.29, 1.82) is 0 Å². The van der Waals surface area contributed by atoms with Crippen LogP contribution in [0, 0.1) is 0 Å². The third kappa shape index (κ3) is 4.49. The smallest absolute Gasteiger partial charge is 0.239 e. The number of rotatable bonds is 8. The molecule has 0 rings (SSSR count). The van der Waals surface area contributed by atoms with E-state index in [1.165, 1.54) is 0 Å². The Kier molecular flexibility index (Phi) is 8.21. The number of nitrogens with two attached hydrogens (primary N) is 1. The van der Waals surface area contributed by atoms with Crippen molar-refractivity contribution in [2.45, 2.75) is 58.5 Å². The largest absolute Gasteiger partial charge is 0.395 e. The number of hydrogen-bond acceptors (Lipinski definition) is 3. The van der Waals surface area contributed by atoms with Crippen LogP contribution in [0.15, 0.2) is 0 Å². The molecule has 0 aliphatic carbocycles. The topological polar surface area (TPSA) is 66.6 Å². The van der Waals surface area contributed by atoms with Crippen LogP contribution in [0.3, 0.4) is 0 Å². The number of carbonyl (C=O) groups is 1. The molecule has 0 radical (unpaired) electrons. The molecule has 1 atom stereocenters. The van der Waals surface area contributed by atoms with Crippen LogP contribution in [0.2, 0.25) is 0 Å². The highest BCUT2D eigenvalue weighted by Gasteiger charge is 2.24. The maximum atomic E-state index is 12.1. The summed E-state index contributed by atoms with van der Waals surface area (Å²) in [5, 5.41) is 9.00. The van der Waals surface area contributed by atoms with Crippen molar-refractivity contribution in [3.05, 3.63) is 0 Å². The number of hydrogen-bond donors (Lipinski definition) is 2. The lowest BCUT2D eigenvalue weighted by Gasteiger charge is -2.32. The van der Waals surface area contributed by atoms with E-state index in [-0.39, 0.29) is 18.6 Å². The van der Waals surface area contributed by atoms with Gasteiger partial charge >= 0.3 is 0 Å². The zero-order valence-corrected chi connectivity index (χ0v) is 10.8. The van der Waals surface area contributed by atoms with E-state index in [1.807, 2.05) is 6.92 Å². The van der Waals surface area contributed by atoms with E-state index in [0.29, 0.717) is 13.0 Å². The van der Waals surface area contributed by atoms with Gasteiger partial charge in [-0.3, -0.25) is 4.79 Å². The number of carbonyl (C=O) groups excluding carboxylic acids is 1. The molecule has 4 nitrogen and oxygen atoms in total. The van der Waals surface area contributed by atoms with Crippen molar-refractivity contribution < 1.29 is 9.90 Å². The standard InChI is InChI=1S/C12H26N2O2/c1-4-7-11(13)12(16)14(8-9-15)10(5-2)6-3/h10-11,15H,4-9,13H2,1-3H3/t11-/m0/s1. The molecule has 0 saturated carbocycles. The summed E-state index contributed by atoms with van der Waals surface area (Å²) < 4.78 is 0. The Bertz CT molecular complexity index is 193. The Morgan fingerprint density at radius 1 is 1.31 bits per heavy atom. The molecule has 4 heteroatoms. The molecular weight excluding hydrogens is 204 g/mol. The van der Waals surface area contributed by atoms with Crippen molar-refractivity contribution in [2.75, 3.05) is 13.2 Å². The van der Waals surface area contributed by atoms with Crippen LogP contribution < -0.4 is 5.73 Å². The van der Waals surface area contributed by atoms with Gasteiger partial charge in [0.25, 0.3) is 0 Å². The molecule has 0 fully saturated rings. The van der Waals surface area contributed by atoms with E-state index in [1.54, 1.807) is 4.90 Å². The Morgan fingerprint density at radius 3 is 2.25 bits per heavy atom. The summed E-state index contributed by atoms with van der Waals surface area (Å²) in [6, 6.07) is -0.222. The molecule has 0 heterocycles. The van der Waals surface area contributed by atoms with Crippen LogP contribution in [0.1, 0.15) is 46.5 Å². The lowest BCUT2D eigenvalue weighted by molar-refractivity contribution is -0.135. The van der Waals surface area contributed by atoms with Crippen molar-refractivity contribution >= 4 is 5.91 Å². The molecule has 0 aromatic heterocycles. The molecule has 3 N–H and O–H groups in total. The third-order valence-electron chi connectivity index (χ3n) is 2.92. The van der Waals surface area contributed by atoms with Gasteiger partial charge in [0.15, 0.2) is 0 Å². The molecule has 1 amide bonds. The van der Waals surface area contributed by atoms with Gasteiger partial charge in [-0.05, 0) is 19.3 Å². The van der Waals surface area contributed by atoms with E-state index in [9.17, 15) is 4.79 Å². The highest BCUT2D eigenvalue weighted by molar-refractivity contribution is 5.81. The fraction of sp³-hybridized carbons (Fsp3) is 0.917. The first-order valence-corrected chi connectivity index (χ1v) is 6.29. The minimum absolute atomic E-state index is 0.00108. The van der Waals surface area contributed by atoms with Crippen LogP contribution in [0.25, 0.3) is 0 Å². The Hall–Kier alpha value is -0.610. The normalized spacial score (nSPS) is 12.9. The van der Waals surface area contributed by atoms with Gasteiger partial charge in [-0.1, -0.05) is 27.2 Å². The van der Waals surface area contributed by atoms with Crippen LogP contribution in [0.5, 0.6) is 0 Å². The van der Waals surface area contributed by atoms with Gasteiger partial charge in [0.2, 0.25) is 5.91 Å². The van der Waals surface area contributed by atoms with E-state index >= 15 is 0 Å². The summed E-state index contributed by atoms with van der Waals surface area (Å²) in [5.74, 6) is -0.0235. The van der Waals surface area contributed by atoms with Crippen LogP contribution in [-0.2, 0) is 4.79 Å². The Morgan fingerprint density at radius 2 is 1.88 bits per heavy atom. The Balaban J connectivity index is 4.55. The molecule has 0 spiro atoms. The van der Waals surface area contributed by atoms with Crippen molar-refractivity contribution in [3.8, 4) is 0 Å². The van der Waals surface area contributed by atoms with Gasteiger partial charge in [-0.15, -0.1) is 0 Å². The van der Waals surface area contributed by atoms with Gasteiger partial charge in [-0.25, -0.2) is 0 Å². The SMILES string of the molecule is CCC[C@H](N)C(=O)N(CCO)C(CC)CC. The van der Waals surface area contributed by atoms with Gasteiger partial charge in [0.1, 0.15) is 0 Å². The fourth-order valence-corrected chi connectivity index (χ4v) is 1.96. The van der Waals surface area contributed by atoms with E-state index in [0.717, 1.165) is 19.3 Å². The minimum Gasteiger partial charge on any atom is -0.395 e. The molecule has 0 aromatic carbocycles. The average Bonchev–Trinajstić information content (AvgIpc) is 2.29. The third-order valence-corrected chi connectivity index (χ3v) is 2.92. The van der Waals surface area contributed by atoms with Gasteiger partial charge in [0, 0.05) is 12.6 Å². The Labute approximate surface area is 98.8 Å². The summed E-state index contributed by atoms with van der Waals surface area (Å²) in [6.07, 6.45) is 3.42. The maximum absolute atomic E-state index is 12.1. The highest BCUT2D eigenvalue weighted by Crippen LogP contribution is 2.11. The van der Waals surface area contributed by atoms with Crippen molar-refractivity contribution in [1.82, 2.24) is 4.90 Å². The van der Waals surface area contributed by atoms with E-state index in [4.69, 9.17) is 10.8 Å². The van der Waals surface area contributed by atoms with Gasteiger partial charge in [0.05, 0.1) is 12.6 Å². The predicted octanol–water partition coefficient (Wildman–Crippen LogP) is 1.12. The molecular formula is C12H26N2O2. The second kappa shape index (κ2) is 8.53. The summed E-state index contributed by atoms with van der Waals surface area (Å²) >= 11 is 0. The number of aliphatic hydroxyl groups is 1. The van der Waals surface area contributed by atoms with Crippen LogP contribution in [0.4, 0.5) is 0 Å². The minimum atomic E-state index is -0.419. The molecule has 0 aliphatic rings. The summed E-state index contributed by atoms with van der Waals surface area (Å²) in [5.41, 5.74) is 5.83. The molecule has 0 aromatic rings. The van der Waals surface area contributed by atoms with Gasteiger partial charge < -0.3 is 15.7 Å². The highest BCUT2D eigenvalue weighted by atomic mass is 16.3. The van der Waals surface area contributed by atoms with E-state index < -0.39 is 6.04 Å². The second-order valence-corrected chi connectivity index (χ2v) is 4.12. The number of aliphatic hydroxyl groups excluding tert-OH is 1. The first kappa shape index (κ1) is 15.4. The summed E-state index contributed by atoms with van der Waals surface area (Å²) in [4.78, 5) is 13.8. The predicted molar refractivity (Wildman–Crippen MR) is 66.1 cm³/mol. The molecule has 0 bridgehead atoms. The van der Waals surface area contributed by atoms with Crippen molar-refractivity contribution in [2.24, 2.45) is 5.73 Å². The summed E-state index contributed by atoms with van der Waals surface area (Å²) in [7, 11) is 0. The monoisotopic (exact) mass is 230 g/mol. The maximum Gasteiger partial charge on any atom is 0.239 e. The zero-order valence-electron chi connectivity index (χ0n) is 10.8. The lowest BCUT2D eigenvalue weighted by atomic mass is 10.1. The second-order valence-electron chi connectivity index (χ2n) is 4.12. The quantitative estimate of drug-likeness (QED) is 0.656.